The van der Waals surface area contributed by atoms with Crippen molar-refractivity contribution in [3.8, 4) is 0 Å². The summed E-state index contributed by atoms with van der Waals surface area (Å²) in [6.45, 7) is 6.27. The molecule has 0 aliphatic carbocycles. The van der Waals surface area contributed by atoms with Crippen LogP contribution in [-0.4, -0.2) is 29.1 Å². The molecule has 8 nitrogen and oxygen atoms in total. The lowest BCUT2D eigenvalue weighted by atomic mass is 10.2. The average Bonchev–Trinajstić information content (AvgIpc) is 3.01. The molecule has 10 heteroatoms. The van der Waals surface area contributed by atoms with Crippen molar-refractivity contribution in [1.29, 1.82) is 0 Å². The number of aliphatic carboxylic acids is 1. The second-order valence-corrected chi connectivity index (χ2v) is 7.07. The van der Waals surface area contributed by atoms with E-state index in [0.29, 0.717) is 5.69 Å². The molecule has 0 bridgehead atoms. The third kappa shape index (κ3) is 5.54. The lowest BCUT2D eigenvalue weighted by Crippen LogP contribution is -2.24. The highest BCUT2D eigenvalue weighted by Crippen LogP contribution is 2.36. The van der Waals surface area contributed by atoms with Gasteiger partial charge in [0.1, 0.15) is 5.15 Å². The van der Waals surface area contributed by atoms with E-state index in [1.54, 1.807) is 0 Å². The molecular weight excluding hydrogens is 390 g/mol. The second-order valence-electron chi connectivity index (χ2n) is 5.70. The summed E-state index contributed by atoms with van der Waals surface area (Å²) in [4.78, 5) is 28.0. The van der Waals surface area contributed by atoms with Crippen molar-refractivity contribution in [3.63, 3.8) is 0 Å². The number of nitrogens with zero attached hydrogens (tertiary/aromatic N) is 5. The molecule has 27 heavy (non-hydrogen) atoms. The monoisotopic (exact) mass is 409 g/mol. The van der Waals surface area contributed by atoms with Crippen LogP contribution in [0.25, 0.3) is 0 Å². The number of carboxylic acid groups (broad SMARTS) is 1. The van der Waals surface area contributed by atoms with E-state index in [1.165, 1.54) is 0 Å². The molecule has 0 aliphatic heterocycles. The number of aromatic nitrogens is 1. The summed E-state index contributed by atoms with van der Waals surface area (Å²) < 4.78 is 0. The lowest BCUT2D eigenvalue weighted by molar-refractivity contribution is -0.138. The molecule has 1 aromatic carbocycles. The molecular formula is C17H20ClN5O3S. The van der Waals surface area contributed by atoms with E-state index >= 15 is 0 Å². The summed E-state index contributed by atoms with van der Waals surface area (Å²) in [5.41, 5.74) is 1.75. The number of halogens is 1. The van der Waals surface area contributed by atoms with Crippen LogP contribution in [0, 0.1) is 4.91 Å². The molecule has 0 saturated heterocycles. The van der Waals surface area contributed by atoms with Crippen molar-refractivity contribution < 1.29 is 9.90 Å². The minimum Gasteiger partial charge on any atom is -0.479 e. The molecule has 144 valence electrons. The zero-order valence-electron chi connectivity index (χ0n) is 15.0. The van der Waals surface area contributed by atoms with Crippen LogP contribution >= 0.6 is 22.9 Å². The van der Waals surface area contributed by atoms with Crippen LogP contribution in [0.2, 0.25) is 5.15 Å². The number of rotatable bonds is 10. The fraction of sp³-hybridized carbons (Fsp3) is 0.412. The van der Waals surface area contributed by atoms with E-state index in [-0.39, 0.29) is 15.2 Å². The standard InChI is InChI=1S/C17H20ClN5O3S/c1-3-9-23(10-4-2)12-7-5-11(6-8-12)20-21-17-19-15(18)14(27-17)13(22-26)16(24)25/h5-8,13H,3-4,9-10H2,1-2H3,(H,24,25)/b21-20+/t13-/m1/s1. The normalized spacial score (nSPS) is 12.3. The van der Waals surface area contributed by atoms with Gasteiger partial charge >= 0.3 is 5.97 Å². The maximum absolute atomic E-state index is 11.0. The van der Waals surface area contributed by atoms with Crippen molar-refractivity contribution in [2.75, 3.05) is 18.0 Å². The minimum atomic E-state index is -1.60. The van der Waals surface area contributed by atoms with Gasteiger partial charge in [-0.25, -0.2) is 9.78 Å². The highest BCUT2D eigenvalue weighted by atomic mass is 35.5. The van der Waals surface area contributed by atoms with E-state index in [0.717, 1.165) is 43.0 Å². The predicted octanol–water partition coefficient (Wildman–Crippen LogP) is 5.73. The Balaban J connectivity index is 2.14. The molecule has 1 heterocycles. The number of thiazole rings is 1. The zero-order chi connectivity index (χ0) is 19.8. The quantitative estimate of drug-likeness (QED) is 0.398. The van der Waals surface area contributed by atoms with Gasteiger partial charge in [0.2, 0.25) is 11.2 Å². The molecule has 0 fully saturated rings. The van der Waals surface area contributed by atoms with Gasteiger partial charge in [0.15, 0.2) is 0 Å². The van der Waals surface area contributed by atoms with E-state index in [9.17, 15) is 9.70 Å². The van der Waals surface area contributed by atoms with Crippen LogP contribution in [0.5, 0.6) is 0 Å². The first kappa shape index (κ1) is 20.9. The van der Waals surface area contributed by atoms with Gasteiger partial charge in [-0.2, -0.15) is 0 Å². The van der Waals surface area contributed by atoms with E-state index in [1.807, 2.05) is 24.3 Å². The SMILES string of the molecule is CCCN(CCC)c1ccc(/N=N/c2nc(Cl)c([C@@H](N=O)C(=O)O)s2)cc1. The molecule has 0 spiro atoms. The number of carbonyl (C=O) groups is 1. The average molecular weight is 410 g/mol. The fourth-order valence-electron chi connectivity index (χ4n) is 2.46. The van der Waals surface area contributed by atoms with Gasteiger partial charge in [-0.15, -0.1) is 15.1 Å². The Hall–Kier alpha value is -2.39. The number of nitroso groups, excluding NO2 is 1. The zero-order valence-corrected chi connectivity index (χ0v) is 16.6. The number of azo groups is 1. The number of hydrogen-bond donors (Lipinski definition) is 1. The first-order chi connectivity index (χ1) is 13.0. The molecule has 0 amide bonds. The van der Waals surface area contributed by atoms with Crippen LogP contribution in [0.15, 0.2) is 39.7 Å². The Morgan fingerprint density at radius 2 is 1.85 bits per heavy atom. The maximum Gasteiger partial charge on any atom is 0.337 e. The highest BCUT2D eigenvalue weighted by molar-refractivity contribution is 7.16. The van der Waals surface area contributed by atoms with Crippen molar-refractivity contribution >= 4 is 45.4 Å². The first-order valence-corrected chi connectivity index (χ1v) is 9.67. The Labute approximate surface area is 165 Å². The van der Waals surface area contributed by atoms with Gasteiger partial charge in [0.25, 0.3) is 0 Å². The molecule has 2 rings (SSSR count). The molecule has 1 atom stereocenters. The number of anilines is 1. The predicted molar refractivity (Wildman–Crippen MR) is 107 cm³/mol. The number of benzene rings is 1. The van der Waals surface area contributed by atoms with Gasteiger partial charge in [0, 0.05) is 18.8 Å². The third-order valence-corrected chi connectivity index (χ3v) is 5.03. The van der Waals surface area contributed by atoms with Crippen LogP contribution in [0.4, 0.5) is 16.5 Å². The third-order valence-electron chi connectivity index (χ3n) is 3.64. The van der Waals surface area contributed by atoms with Crippen LogP contribution in [-0.2, 0) is 4.79 Å². The number of hydrogen-bond acceptors (Lipinski definition) is 8. The summed E-state index contributed by atoms with van der Waals surface area (Å²) in [5, 5.41) is 19.7. The minimum absolute atomic E-state index is 0.0400. The molecule has 1 aromatic heterocycles. The number of carboxylic acids is 1. The smallest absolute Gasteiger partial charge is 0.337 e. The fourth-order valence-corrected chi connectivity index (χ4v) is 3.61. The second kappa shape index (κ2) is 10.1. The van der Waals surface area contributed by atoms with Crippen molar-refractivity contribution in [2.24, 2.45) is 15.4 Å². The first-order valence-electron chi connectivity index (χ1n) is 8.48. The van der Waals surface area contributed by atoms with Gasteiger partial charge in [-0.3, -0.25) is 0 Å². The molecule has 0 aliphatic rings. The summed E-state index contributed by atoms with van der Waals surface area (Å²) in [5.74, 6) is -1.39. The van der Waals surface area contributed by atoms with Gasteiger partial charge < -0.3 is 10.0 Å². The molecule has 0 saturated carbocycles. The van der Waals surface area contributed by atoms with E-state index in [2.05, 4.69) is 39.1 Å². The molecule has 2 aromatic rings. The van der Waals surface area contributed by atoms with Crippen LogP contribution in [0.3, 0.4) is 0 Å². The highest BCUT2D eigenvalue weighted by Gasteiger charge is 2.27. The molecule has 0 unspecified atom stereocenters. The van der Waals surface area contributed by atoms with Crippen LogP contribution < -0.4 is 4.90 Å². The van der Waals surface area contributed by atoms with E-state index < -0.39 is 12.0 Å². The summed E-state index contributed by atoms with van der Waals surface area (Å²) in [7, 11) is 0. The van der Waals surface area contributed by atoms with Gasteiger partial charge in [-0.05, 0) is 42.3 Å². The Morgan fingerprint density at radius 1 is 1.22 bits per heavy atom. The van der Waals surface area contributed by atoms with Crippen molar-refractivity contribution in [3.05, 3.63) is 39.2 Å². The van der Waals surface area contributed by atoms with Crippen molar-refractivity contribution in [2.45, 2.75) is 32.7 Å². The summed E-state index contributed by atoms with van der Waals surface area (Å²) in [6, 6.07) is 6.06. The topological polar surface area (TPSA) is 108 Å². The lowest BCUT2D eigenvalue weighted by Gasteiger charge is -2.23. The molecule has 1 N–H and O–H groups in total. The Bertz CT molecular complexity index is 803. The van der Waals surface area contributed by atoms with Gasteiger partial charge in [0.05, 0.1) is 10.6 Å². The van der Waals surface area contributed by atoms with Crippen LogP contribution in [0.1, 0.15) is 37.6 Å². The Morgan fingerprint density at radius 3 is 2.37 bits per heavy atom. The van der Waals surface area contributed by atoms with Gasteiger partial charge in [-0.1, -0.05) is 36.8 Å². The molecule has 0 radical (unpaired) electrons. The summed E-state index contributed by atoms with van der Waals surface area (Å²) in [6.07, 6.45) is 2.14. The Kier molecular flexibility index (Phi) is 7.81. The maximum atomic E-state index is 11.0. The van der Waals surface area contributed by atoms with Crippen molar-refractivity contribution in [1.82, 2.24) is 4.98 Å². The summed E-state index contributed by atoms with van der Waals surface area (Å²) >= 11 is 6.76. The largest absolute Gasteiger partial charge is 0.479 e. The van der Waals surface area contributed by atoms with E-state index in [4.69, 9.17) is 16.7 Å².